The Bertz CT molecular complexity index is 260. The van der Waals surface area contributed by atoms with E-state index in [1.54, 1.807) is 0 Å². The smallest absolute Gasteiger partial charge is 0.357 e. The van der Waals surface area contributed by atoms with Crippen molar-refractivity contribution in [3.05, 3.63) is 0 Å². The lowest BCUT2D eigenvalue weighted by atomic mass is 10.3. The second kappa shape index (κ2) is 12.5. The first kappa shape index (κ1) is 22.0. The maximum absolute atomic E-state index is 12.1. The summed E-state index contributed by atoms with van der Waals surface area (Å²) < 4.78 is 36.4. The maximum Gasteiger partial charge on any atom is 0.401 e. The van der Waals surface area contributed by atoms with Crippen LogP contribution in [0.15, 0.2) is 4.99 Å². The number of hydrogen-bond donors (Lipinski definition) is 2. The normalized spacial score (nSPS) is 12.2. The summed E-state index contributed by atoms with van der Waals surface area (Å²) in [5, 5.41) is 6.09. The van der Waals surface area contributed by atoms with Gasteiger partial charge in [-0.3, -0.25) is 9.89 Å². The highest BCUT2D eigenvalue weighted by Gasteiger charge is 2.28. The van der Waals surface area contributed by atoms with Crippen LogP contribution in [0.1, 0.15) is 26.7 Å². The number of rotatable bonds is 8. The molecule has 122 valence electrons. The van der Waals surface area contributed by atoms with Crippen LogP contribution in [0.5, 0.6) is 0 Å². The van der Waals surface area contributed by atoms with Crippen molar-refractivity contribution in [3.63, 3.8) is 0 Å². The Balaban J connectivity index is 0. The Morgan fingerprint density at radius 2 is 1.85 bits per heavy atom. The zero-order chi connectivity index (χ0) is 14.7. The molecule has 0 fully saturated rings. The Labute approximate surface area is 136 Å². The van der Waals surface area contributed by atoms with Gasteiger partial charge < -0.3 is 10.6 Å². The van der Waals surface area contributed by atoms with E-state index in [9.17, 15) is 13.2 Å². The summed E-state index contributed by atoms with van der Waals surface area (Å²) in [4.78, 5) is 5.57. The van der Waals surface area contributed by atoms with Crippen LogP contribution in [0.25, 0.3) is 0 Å². The fourth-order valence-electron chi connectivity index (χ4n) is 1.44. The van der Waals surface area contributed by atoms with Crippen molar-refractivity contribution < 1.29 is 13.2 Å². The first-order valence-corrected chi connectivity index (χ1v) is 6.66. The van der Waals surface area contributed by atoms with Gasteiger partial charge in [0.15, 0.2) is 5.96 Å². The summed E-state index contributed by atoms with van der Waals surface area (Å²) in [6.45, 7) is 5.36. The summed E-state index contributed by atoms with van der Waals surface area (Å²) >= 11 is 0. The van der Waals surface area contributed by atoms with Gasteiger partial charge in [-0.2, -0.15) is 13.2 Å². The molecule has 0 saturated heterocycles. The first-order valence-electron chi connectivity index (χ1n) is 6.66. The van der Waals surface area contributed by atoms with E-state index in [2.05, 4.69) is 22.5 Å². The predicted molar refractivity (Wildman–Crippen MR) is 87.9 cm³/mol. The summed E-state index contributed by atoms with van der Waals surface area (Å²) in [5.74, 6) is 0.663. The second-order valence-corrected chi connectivity index (χ2v) is 4.39. The van der Waals surface area contributed by atoms with E-state index in [4.69, 9.17) is 0 Å². The van der Waals surface area contributed by atoms with E-state index in [0.717, 1.165) is 25.9 Å². The van der Waals surface area contributed by atoms with Crippen LogP contribution in [0, 0.1) is 0 Å². The molecular formula is C12H26F3IN4. The van der Waals surface area contributed by atoms with Gasteiger partial charge in [-0.05, 0) is 20.4 Å². The molecule has 0 aliphatic heterocycles. The van der Waals surface area contributed by atoms with Crippen molar-refractivity contribution in [2.75, 3.05) is 39.8 Å². The van der Waals surface area contributed by atoms with Gasteiger partial charge in [0.25, 0.3) is 0 Å². The van der Waals surface area contributed by atoms with Crippen LogP contribution in [0.3, 0.4) is 0 Å². The molecule has 0 aliphatic carbocycles. The average Bonchev–Trinajstić information content (AvgIpc) is 2.27. The highest BCUT2D eigenvalue weighted by Crippen LogP contribution is 2.14. The molecule has 0 aromatic heterocycles. The molecule has 0 unspecified atom stereocenters. The Morgan fingerprint density at radius 3 is 2.35 bits per heavy atom. The number of halogens is 4. The Kier molecular flexibility index (Phi) is 13.8. The minimum Gasteiger partial charge on any atom is -0.357 e. The van der Waals surface area contributed by atoms with Crippen LogP contribution in [0.2, 0.25) is 0 Å². The van der Waals surface area contributed by atoms with E-state index in [-0.39, 0.29) is 24.0 Å². The van der Waals surface area contributed by atoms with E-state index in [0.29, 0.717) is 19.0 Å². The molecule has 0 bridgehead atoms. The quantitative estimate of drug-likeness (QED) is 0.280. The molecule has 0 saturated carbocycles. The third-order valence-electron chi connectivity index (χ3n) is 2.36. The van der Waals surface area contributed by atoms with Gasteiger partial charge in [-0.15, -0.1) is 24.0 Å². The number of aliphatic imine (C=N–C) groups is 1. The zero-order valence-corrected chi connectivity index (χ0v) is 14.7. The van der Waals surface area contributed by atoms with Crippen LogP contribution < -0.4 is 10.6 Å². The van der Waals surface area contributed by atoms with Crippen LogP contribution in [-0.2, 0) is 0 Å². The van der Waals surface area contributed by atoms with Gasteiger partial charge in [-0.25, -0.2) is 0 Å². The lowest BCUT2D eigenvalue weighted by Crippen LogP contribution is -2.42. The van der Waals surface area contributed by atoms with Crippen molar-refractivity contribution in [1.29, 1.82) is 0 Å². The van der Waals surface area contributed by atoms with Crippen LogP contribution >= 0.6 is 24.0 Å². The molecule has 0 aromatic carbocycles. The monoisotopic (exact) mass is 410 g/mol. The Hall–Kier alpha value is -0.250. The summed E-state index contributed by atoms with van der Waals surface area (Å²) in [7, 11) is 1.45. The minimum absolute atomic E-state index is 0. The number of likely N-dealkylation sites (N-methyl/N-ethyl adjacent to an activating group) is 1. The van der Waals surface area contributed by atoms with Crippen molar-refractivity contribution >= 4 is 29.9 Å². The van der Waals surface area contributed by atoms with Crippen LogP contribution in [0.4, 0.5) is 13.2 Å². The zero-order valence-electron chi connectivity index (χ0n) is 12.4. The molecule has 0 amide bonds. The van der Waals surface area contributed by atoms with E-state index in [1.807, 2.05) is 6.92 Å². The van der Waals surface area contributed by atoms with Crippen molar-refractivity contribution in [2.45, 2.75) is 32.9 Å². The summed E-state index contributed by atoms with van der Waals surface area (Å²) in [5.41, 5.74) is 0. The lowest BCUT2D eigenvalue weighted by Gasteiger charge is -2.19. The minimum atomic E-state index is -4.14. The third-order valence-corrected chi connectivity index (χ3v) is 2.36. The molecule has 0 aromatic rings. The molecule has 0 heterocycles. The SMILES string of the molecule is CCCCN=C(NCC)NCCN(C)CC(F)(F)F.I. The second-order valence-electron chi connectivity index (χ2n) is 4.39. The lowest BCUT2D eigenvalue weighted by molar-refractivity contribution is -0.142. The van der Waals surface area contributed by atoms with E-state index >= 15 is 0 Å². The molecule has 8 heteroatoms. The third kappa shape index (κ3) is 14.2. The molecule has 0 aliphatic rings. The van der Waals surface area contributed by atoms with Gasteiger partial charge in [0, 0.05) is 26.2 Å². The molecule has 2 N–H and O–H groups in total. The van der Waals surface area contributed by atoms with Gasteiger partial charge in [0.1, 0.15) is 0 Å². The average molecular weight is 410 g/mol. The number of guanidine groups is 1. The maximum atomic E-state index is 12.1. The molecule has 0 radical (unpaired) electrons. The van der Waals surface area contributed by atoms with Crippen molar-refractivity contribution in [3.8, 4) is 0 Å². The van der Waals surface area contributed by atoms with Gasteiger partial charge >= 0.3 is 6.18 Å². The van der Waals surface area contributed by atoms with E-state index in [1.165, 1.54) is 11.9 Å². The molecule has 0 rings (SSSR count). The van der Waals surface area contributed by atoms with Crippen LogP contribution in [-0.4, -0.2) is 56.8 Å². The number of hydrogen-bond acceptors (Lipinski definition) is 2. The molecule has 20 heavy (non-hydrogen) atoms. The fourth-order valence-corrected chi connectivity index (χ4v) is 1.44. The van der Waals surface area contributed by atoms with Gasteiger partial charge in [0.2, 0.25) is 0 Å². The van der Waals surface area contributed by atoms with Crippen molar-refractivity contribution in [2.24, 2.45) is 4.99 Å². The molecule has 4 nitrogen and oxygen atoms in total. The molecular weight excluding hydrogens is 384 g/mol. The van der Waals surface area contributed by atoms with E-state index < -0.39 is 12.7 Å². The number of nitrogens with zero attached hydrogens (tertiary/aromatic N) is 2. The predicted octanol–water partition coefficient (Wildman–Crippen LogP) is 2.45. The van der Waals surface area contributed by atoms with Crippen molar-refractivity contribution in [1.82, 2.24) is 15.5 Å². The fraction of sp³-hybridized carbons (Fsp3) is 0.917. The highest BCUT2D eigenvalue weighted by atomic mass is 127. The molecule has 0 spiro atoms. The highest BCUT2D eigenvalue weighted by molar-refractivity contribution is 14.0. The number of alkyl halides is 3. The summed E-state index contributed by atoms with van der Waals surface area (Å²) in [6, 6.07) is 0. The Morgan fingerprint density at radius 1 is 1.20 bits per heavy atom. The van der Waals surface area contributed by atoms with Gasteiger partial charge in [-0.1, -0.05) is 13.3 Å². The standard InChI is InChI=1S/C12H25F3N4.HI/c1-4-6-7-17-11(16-5-2)18-8-9-19(3)10-12(13,14)15;/h4-10H2,1-3H3,(H2,16,17,18);1H. The largest absolute Gasteiger partial charge is 0.401 e. The number of unbranched alkanes of at least 4 members (excludes halogenated alkanes) is 1. The number of nitrogens with one attached hydrogen (secondary N) is 2. The first-order chi connectivity index (χ1) is 8.89. The summed E-state index contributed by atoms with van der Waals surface area (Å²) in [6.07, 6.45) is -2.07. The van der Waals surface area contributed by atoms with Gasteiger partial charge in [0.05, 0.1) is 6.54 Å². The molecule has 0 atom stereocenters. The topological polar surface area (TPSA) is 39.7 Å².